The van der Waals surface area contributed by atoms with Crippen LogP contribution in [0.25, 0.3) is 0 Å². The normalized spacial score (nSPS) is 9.33. The zero-order valence-corrected chi connectivity index (χ0v) is 5.98. The molecule has 0 heterocycles. The quantitative estimate of drug-likeness (QED) is 0.511. The van der Waals surface area contributed by atoms with Crippen LogP contribution in [0.5, 0.6) is 0 Å². The highest BCUT2D eigenvalue weighted by Gasteiger charge is 2.15. The molecule has 0 aliphatic carbocycles. The van der Waals surface area contributed by atoms with Crippen molar-refractivity contribution >= 4 is 11.6 Å². The van der Waals surface area contributed by atoms with E-state index in [-0.39, 0.29) is 11.3 Å². The van der Waals surface area contributed by atoms with E-state index in [0.29, 0.717) is 0 Å². The van der Waals surface area contributed by atoms with Crippen molar-refractivity contribution in [2.45, 2.75) is 0 Å². The van der Waals surface area contributed by atoms with Crippen LogP contribution >= 0.6 is 0 Å². The van der Waals surface area contributed by atoms with E-state index in [1.54, 1.807) is 0 Å². The van der Waals surface area contributed by atoms with Gasteiger partial charge < -0.3 is 5.73 Å². The molecular formula is C7H5N2O3. The molecule has 1 rings (SSSR count). The highest BCUT2D eigenvalue weighted by molar-refractivity contribution is 5.96. The van der Waals surface area contributed by atoms with Crippen LogP contribution < -0.4 is 5.73 Å². The van der Waals surface area contributed by atoms with Gasteiger partial charge in [-0.25, -0.2) is 0 Å². The van der Waals surface area contributed by atoms with Crippen molar-refractivity contribution in [3.05, 3.63) is 39.9 Å². The van der Waals surface area contributed by atoms with Gasteiger partial charge in [-0.05, 0) is 12.1 Å². The zero-order valence-electron chi connectivity index (χ0n) is 5.98. The second kappa shape index (κ2) is 3.00. The van der Waals surface area contributed by atoms with Crippen LogP contribution in [0, 0.1) is 16.2 Å². The summed E-state index contributed by atoms with van der Waals surface area (Å²) in [6.45, 7) is 0. The first-order valence-corrected chi connectivity index (χ1v) is 3.07. The van der Waals surface area contributed by atoms with Gasteiger partial charge in [0.15, 0.2) is 0 Å². The van der Waals surface area contributed by atoms with Crippen LogP contribution in [0.1, 0.15) is 10.4 Å². The molecule has 0 aliphatic heterocycles. The van der Waals surface area contributed by atoms with E-state index in [2.05, 4.69) is 6.07 Å². The lowest BCUT2D eigenvalue weighted by molar-refractivity contribution is -0.385. The number of nitro groups is 1. The summed E-state index contributed by atoms with van der Waals surface area (Å²) in [5.41, 5.74) is 4.48. The molecule has 0 aliphatic rings. The molecule has 1 amide bonds. The van der Waals surface area contributed by atoms with Gasteiger partial charge in [-0.15, -0.1) is 0 Å². The molecule has 1 aromatic carbocycles. The van der Waals surface area contributed by atoms with Crippen molar-refractivity contribution < 1.29 is 9.72 Å². The minimum absolute atomic E-state index is 0.0984. The molecule has 0 unspecified atom stereocenters. The Labute approximate surface area is 68.0 Å². The first-order valence-electron chi connectivity index (χ1n) is 3.07. The summed E-state index contributed by atoms with van der Waals surface area (Å²) in [7, 11) is 0. The maximum absolute atomic E-state index is 10.6. The maximum Gasteiger partial charge on any atom is 0.282 e. The third-order valence-electron chi connectivity index (χ3n) is 1.30. The fourth-order valence-corrected chi connectivity index (χ4v) is 0.781. The van der Waals surface area contributed by atoms with Crippen LogP contribution in [-0.4, -0.2) is 10.8 Å². The number of nitrogens with zero attached hydrogens (tertiary/aromatic N) is 1. The molecule has 12 heavy (non-hydrogen) atoms. The Bertz CT molecular complexity index is 302. The number of benzene rings is 1. The average Bonchev–Trinajstić information content (AvgIpc) is 2.04. The van der Waals surface area contributed by atoms with Gasteiger partial charge in [0.1, 0.15) is 5.56 Å². The molecule has 0 bridgehead atoms. The lowest BCUT2D eigenvalue weighted by Crippen LogP contribution is -2.12. The Hall–Kier alpha value is -1.91. The highest BCUT2D eigenvalue weighted by atomic mass is 16.6. The summed E-state index contributed by atoms with van der Waals surface area (Å²) in [6, 6.07) is 6.26. The molecule has 0 spiro atoms. The summed E-state index contributed by atoms with van der Waals surface area (Å²) in [4.78, 5) is 20.3. The molecule has 0 saturated heterocycles. The average molecular weight is 165 g/mol. The Morgan fingerprint density at radius 3 is 2.75 bits per heavy atom. The number of primary amides is 1. The van der Waals surface area contributed by atoms with E-state index in [4.69, 9.17) is 5.73 Å². The number of amides is 1. The number of rotatable bonds is 2. The van der Waals surface area contributed by atoms with Crippen LogP contribution in [0.3, 0.4) is 0 Å². The molecule has 5 nitrogen and oxygen atoms in total. The van der Waals surface area contributed by atoms with Gasteiger partial charge in [0.25, 0.3) is 11.6 Å². The van der Waals surface area contributed by atoms with Crippen molar-refractivity contribution in [1.29, 1.82) is 0 Å². The molecule has 2 N–H and O–H groups in total. The van der Waals surface area contributed by atoms with E-state index in [1.807, 2.05) is 0 Å². The Balaban J connectivity index is 3.27. The van der Waals surface area contributed by atoms with Crippen LogP contribution in [0.15, 0.2) is 18.2 Å². The molecular weight excluding hydrogens is 160 g/mol. The third-order valence-corrected chi connectivity index (χ3v) is 1.30. The first-order chi connectivity index (χ1) is 5.63. The third kappa shape index (κ3) is 1.39. The Morgan fingerprint density at radius 1 is 1.67 bits per heavy atom. The summed E-state index contributed by atoms with van der Waals surface area (Å²) in [5.74, 6) is -0.810. The fourth-order valence-electron chi connectivity index (χ4n) is 0.781. The van der Waals surface area contributed by atoms with Crippen LogP contribution in [-0.2, 0) is 0 Å². The molecule has 1 radical (unpaired) electrons. The van der Waals surface area contributed by atoms with E-state index in [9.17, 15) is 14.9 Å². The topological polar surface area (TPSA) is 86.2 Å². The summed E-state index contributed by atoms with van der Waals surface area (Å²) < 4.78 is 0. The lowest BCUT2D eigenvalue weighted by atomic mass is 10.2. The number of hydrogen-bond donors (Lipinski definition) is 1. The van der Waals surface area contributed by atoms with E-state index < -0.39 is 10.8 Å². The van der Waals surface area contributed by atoms with E-state index in [1.165, 1.54) is 12.1 Å². The molecule has 61 valence electrons. The Morgan fingerprint density at radius 2 is 2.33 bits per heavy atom. The minimum atomic E-state index is -0.810. The van der Waals surface area contributed by atoms with Gasteiger partial charge in [-0.1, -0.05) is 6.07 Å². The van der Waals surface area contributed by atoms with Crippen molar-refractivity contribution in [3.8, 4) is 0 Å². The number of hydrogen-bond acceptors (Lipinski definition) is 3. The van der Waals surface area contributed by atoms with Crippen molar-refractivity contribution in [3.63, 3.8) is 0 Å². The Kier molecular flexibility index (Phi) is 2.05. The van der Waals surface area contributed by atoms with Gasteiger partial charge in [0.2, 0.25) is 0 Å². The SMILES string of the molecule is NC(=O)c1cc[c]cc1[N+](=O)[O-]. The lowest BCUT2D eigenvalue weighted by Gasteiger charge is -1.95. The number of carbonyl (C=O) groups is 1. The van der Waals surface area contributed by atoms with Crippen molar-refractivity contribution in [2.24, 2.45) is 5.73 Å². The van der Waals surface area contributed by atoms with E-state index in [0.717, 1.165) is 6.07 Å². The van der Waals surface area contributed by atoms with Gasteiger partial charge in [0.05, 0.1) is 4.92 Å². The highest BCUT2D eigenvalue weighted by Crippen LogP contribution is 2.15. The van der Waals surface area contributed by atoms with Gasteiger partial charge in [-0.3, -0.25) is 14.9 Å². The van der Waals surface area contributed by atoms with Gasteiger partial charge in [0, 0.05) is 6.07 Å². The van der Waals surface area contributed by atoms with Crippen molar-refractivity contribution in [1.82, 2.24) is 0 Å². The second-order valence-corrected chi connectivity index (χ2v) is 2.06. The summed E-state index contributed by atoms with van der Waals surface area (Å²) >= 11 is 0. The number of nitrogens with two attached hydrogens (primary N) is 1. The smallest absolute Gasteiger partial charge is 0.282 e. The molecule has 0 saturated carbocycles. The van der Waals surface area contributed by atoms with Crippen LogP contribution in [0.2, 0.25) is 0 Å². The van der Waals surface area contributed by atoms with E-state index >= 15 is 0 Å². The number of nitro benzene ring substituents is 1. The number of carbonyl (C=O) groups excluding carboxylic acids is 1. The molecule has 0 aromatic heterocycles. The fraction of sp³-hybridized carbons (Fsp3) is 0. The summed E-state index contributed by atoms with van der Waals surface area (Å²) in [5, 5.41) is 10.3. The van der Waals surface area contributed by atoms with Crippen LogP contribution in [0.4, 0.5) is 5.69 Å². The largest absolute Gasteiger partial charge is 0.365 e. The monoisotopic (exact) mass is 165 g/mol. The van der Waals surface area contributed by atoms with Crippen molar-refractivity contribution in [2.75, 3.05) is 0 Å². The molecule has 0 atom stereocenters. The van der Waals surface area contributed by atoms with Gasteiger partial charge >= 0.3 is 0 Å². The minimum Gasteiger partial charge on any atom is -0.365 e. The van der Waals surface area contributed by atoms with Gasteiger partial charge in [-0.2, -0.15) is 0 Å². The molecule has 5 heteroatoms. The predicted octanol–water partition coefficient (Wildman–Crippen LogP) is 0.494. The first kappa shape index (κ1) is 8.19. The zero-order chi connectivity index (χ0) is 9.14. The maximum atomic E-state index is 10.6. The summed E-state index contributed by atoms with van der Waals surface area (Å²) in [6.07, 6.45) is 0. The predicted molar refractivity (Wildman–Crippen MR) is 40.5 cm³/mol. The standard InChI is InChI=1S/C7H5N2O3/c8-7(10)5-3-1-2-4-6(5)9(11)12/h1,3-4H,(H2,8,10). The molecule has 0 fully saturated rings. The molecule has 1 aromatic rings. The second-order valence-electron chi connectivity index (χ2n) is 2.06.